The molecule has 33 heavy (non-hydrogen) atoms. The van der Waals surface area contributed by atoms with Crippen LogP contribution in [0.1, 0.15) is 41.5 Å². The number of anilines is 2. The summed E-state index contributed by atoms with van der Waals surface area (Å²) in [7, 11) is 1.10. The van der Waals surface area contributed by atoms with E-state index in [1.54, 1.807) is 0 Å². The number of ether oxygens (including phenoxy) is 1. The SMILES string of the molecule is COC(=O)c1c(NC(=O)c2ccccc2F)sc(C(=O)Nc2cccc(C(F)(F)F)c2)c1C. The van der Waals surface area contributed by atoms with E-state index in [4.69, 9.17) is 4.74 Å². The molecule has 2 aromatic carbocycles. The van der Waals surface area contributed by atoms with Gasteiger partial charge >= 0.3 is 12.1 Å². The van der Waals surface area contributed by atoms with Crippen LogP contribution in [0.25, 0.3) is 0 Å². The molecule has 0 bridgehead atoms. The van der Waals surface area contributed by atoms with Crippen molar-refractivity contribution in [2.45, 2.75) is 13.1 Å². The van der Waals surface area contributed by atoms with Crippen LogP contribution in [-0.2, 0) is 10.9 Å². The van der Waals surface area contributed by atoms with E-state index in [0.29, 0.717) is 11.3 Å². The van der Waals surface area contributed by atoms with Crippen LogP contribution in [0.5, 0.6) is 0 Å². The summed E-state index contributed by atoms with van der Waals surface area (Å²) in [6.07, 6.45) is -4.60. The van der Waals surface area contributed by atoms with E-state index < -0.39 is 35.3 Å². The lowest BCUT2D eigenvalue weighted by molar-refractivity contribution is -0.137. The number of esters is 1. The van der Waals surface area contributed by atoms with Crippen LogP contribution in [0.2, 0.25) is 0 Å². The molecule has 0 saturated heterocycles. The number of amides is 2. The van der Waals surface area contributed by atoms with Crippen LogP contribution in [0.4, 0.5) is 28.3 Å². The standard InChI is InChI=1S/C22H16F4N2O4S/c1-11-16(21(31)32-2)20(28-18(29)14-8-3-4-9-15(14)23)33-17(11)19(30)27-13-7-5-6-12(10-13)22(24,25)26/h3-10H,1-2H3,(H,27,30)(H,28,29). The molecule has 2 amide bonds. The largest absolute Gasteiger partial charge is 0.465 e. The quantitative estimate of drug-likeness (QED) is 0.373. The first-order chi connectivity index (χ1) is 15.5. The Morgan fingerprint density at radius 3 is 2.30 bits per heavy atom. The van der Waals surface area contributed by atoms with E-state index in [-0.39, 0.29) is 32.3 Å². The highest BCUT2D eigenvalue weighted by Gasteiger charge is 2.31. The fraction of sp³-hybridized carbons (Fsp3) is 0.136. The molecule has 172 valence electrons. The Morgan fingerprint density at radius 2 is 1.67 bits per heavy atom. The van der Waals surface area contributed by atoms with Crippen LogP contribution in [0.15, 0.2) is 48.5 Å². The zero-order valence-electron chi connectivity index (χ0n) is 17.2. The molecular weight excluding hydrogens is 464 g/mol. The molecule has 0 unspecified atom stereocenters. The fourth-order valence-electron chi connectivity index (χ4n) is 2.94. The van der Waals surface area contributed by atoms with Crippen molar-refractivity contribution in [2.75, 3.05) is 17.7 Å². The summed E-state index contributed by atoms with van der Waals surface area (Å²) in [6.45, 7) is 1.42. The molecule has 3 rings (SSSR count). The number of thiophene rings is 1. The highest BCUT2D eigenvalue weighted by Crippen LogP contribution is 2.35. The molecule has 2 N–H and O–H groups in total. The van der Waals surface area contributed by atoms with E-state index in [9.17, 15) is 31.9 Å². The third kappa shape index (κ3) is 5.20. The molecule has 0 saturated carbocycles. The molecule has 1 aromatic heterocycles. The van der Waals surface area contributed by atoms with Gasteiger partial charge in [-0.2, -0.15) is 13.2 Å². The summed E-state index contributed by atoms with van der Waals surface area (Å²) in [5.41, 5.74) is -1.33. The molecule has 3 aromatic rings. The molecule has 11 heteroatoms. The number of nitrogens with one attached hydrogen (secondary N) is 2. The van der Waals surface area contributed by atoms with E-state index in [0.717, 1.165) is 31.4 Å². The molecule has 6 nitrogen and oxygen atoms in total. The van der Waals surface area contributed by atoms with E-state index in [1.165, 1.54) is 31.2 Å². The smallest absolute Gasteiger partial charge is 0.416 e. The minimum absolute atomic E-state index is 0.0448. The zero-order valence-corrected chi connectivity index (χ0v) is 18.0. The number of rotatable bonds is 5. The zero-order chi connectivity index (χ0) is 24.3. The second-order valence-electron chi connectivity index (χ2n) is 6.72. The number of hydrogen-bond acceptors (Lipinski definition) is 5. The monoisotopic (exact) mass is 480 g/mol. The predicted octanol–water partition coefficient (Wildman–Crippen LogP) is 5.51. The highest BCUT2D eigenvalue weighted by atomic mass is 32.1. The van der Waals surface area contributed by atoms with Crippen LogP contribution in [0.3, 0.4) is 0 Å². The van der Waals surface area contributed by atoms with Gasteiger partial charge in [0.1, 0.15) is 10.8 Å². The molecule has 0 aliphatic rings. The topological polar surface area (TPSA) is 84.5 Å². The Labute approximate surface area is 189 Å². The van der Waals surface area contributed by atoms with Crippen molar-refractivity contribution in [2.24, 2.45) is 0 Å². The Morgan fingerprint density at radius 1 is 0.970 bits per heavy atom. The summed E-state index contributed by atoms with van der Waals surface area (Å²) in [4.78, 5) is 37.5. The first-order valence-corrected chi connectivity index (χ1v) is 10.1. The second kappa shape index (κ2) is 9.41. The first kappa shape index (κ1) is 23.9. The van der Waals surface area contributed by atoms with Crippen molar-refractivity contribution in [3.8, 4) is 0 Å². The maximum atomic E-state index is 13.9. The summed E-state index contributed by atoms with van der Waals surface area (Å²) in [6, 6.07) is 9.22. The Balaban J connectivity index is 1.94. The Hall–Kier alpha value is -3.73. The normalized spacial score (nSPS) is 11.1. The Kier molecular flexibility index (Phi) is 6.82. The van der Waals surface area contributed by atoms with Crippen LogP contribution < -0.4 is 10.6 Å². The minimum atomic E-state index is -4.60. The van der Waals surface area contributed by atoms with Gasteiger partial charge in [0, 0.05) is 5.69 Å². The number of halogens is 4. The van der Waals surface area contributed by atoms with E-state index >= 15 is 0 Å². The van der Waals surface area contributed by atoms with E-state index in [2.05, 4.69) is 10.6 Å². The minimum Gasteiger partial charge on any atom is -0.465 e. The van der Waals surface area contributed by atoms with Crippen LogP contribution in [0, 0.1) is 12.7 Å². The number of methoxy groups -OCH3 is 1. The van der Waals surface area contributed by atoms with Gasteiger partial charge in [0.15, 0.2) is 0 Å². The van der Waals surface area contributed by atoms with Crippen molar-refractivity contribution >= 4 is 39.8 Å². The van der Waals surface area contributed by atoms with Gasteiger partial charge in [-0.05, 0) is 42.8 Å². The maximum absolute atomic E-state index is 13.9. The maximum Gasteiger partial charge on any atom is 0.416 e. The number of alkyl halides is 3. The van der Waals surface area contributed by atoms with Crippen LogP contribution >= 0.6 is 11.3 Å². The lowest BCUT2D eigenvalue weighted by Crippen LogP contribution is -2.15. The predicted molar refractivity (Wildman–Crippen MR) is 114 cm³/mol. The van der Waals surface area contributed by atoms with Crippen molar-refractivity contribution in [1.82, 2.24) is 0 Å². The fourth-order valence-corrected chi connectivity index (χ4v) is 4.03. The van der Waals surface area contributed by atoms with Gasteiger partial charge in [-0.25, -0.2) is 9.18 Å². The molecule has 0 aliphatic carbocycles. The molecule has 0 aliphatic heterocycles. The summed E-state index contributed by atoms with van der Waals surface area (Å²) in [5, 5.41) is 4.68. The van der Waals surface area contributed by atoms with Crippen LogP contribution in [-0.4, -0.2) is 24.9 Å². The molecule has 0 fully saturated rings. The molecule has 1 heterocycles. The van der Waals surface area contributed by atoms with Crippen molar-refractivity contribution in [3.63, 3.8) is 0 Å². The number of hydrogen-bond donors (Lipinski definition) is 2. The van der Waals surface area contributed by atoms with Crippen molar-refractivity contribution < 1.29 is 36.7 Å². The molecular formula is C22H16F4N2O4S. The van der Waals surface area contributed by atoms with E-state index in [1.807, 2.05) is 0 Å². The lowest BCUT2D eigenvalue weighted by Gasteiger charge is -2.09. The number of carbonyl (C=O) groups excluding carboxylic acids is 3. The van der Waals surface area contributed by atoms with Gasteiger partial charge in [-0.1, -0.05) is 18.2 Å². The van der Waals surface area contributed by atoms with Crippen molar-refractivity contribution in [1.29, 1.82) is 0 Å². The average molecular weight is 480 g/mol. The van der Waals surface area contributed by atoms with Crippen molar-refractivity contribution in [3.05, 3.63) is 81.5 Å². The average Bonchev–Trinajstić information content (AvgIpc) is 3.08. The second-order valence-corrected chi connectivity index (χ2v) is 7.74. The van der Waals surface area contributed by atoms with Gasteiger partial charge in [0.2, 0.25) is 0 Å². The Bertz CT molecular complexity index is 1240. The molecule has 0 atom stereocenters. The van der Waals surface area contributed by atoms with Gasteiger partial charge in [-0.15, -0.1) is 11.3 Å². The highest BCUT2D eigenvalue weighted by molar-refractivity contribution is 7.19. The van der Waals surface area contributed by atoms with Gasteiger partial charge in [-0.3, -0.25) is 9.59 Å². The summed E-state index contributed by atoms with van der Waals surface area (Å²) in [5.74, 6) is -3.30. The van der Waals surface area contributed by atoms with Gasteiger partial charge in [0.05, 0.1) is 28.7 Å². The van der Waals surface area contributed by atoms with Gasteiger partial charge in [0.25, 0.3) is 11.8 Å². The number of benzene rings is 2. The third-order valence-corrected chi connectivity index (χ3v) is 5.74. The third-order valence-electron chi connectivity index (χ3n) is 4.54. The summed E-state index contributed by atoms with van der Waals surface area (Å²) >= 11 is 0.706. The first-order valence-electron chi connectivity index (χ1n) is 9.29. The summed E-state index contributed by atoms with van der Waals surface area (Å²) < 4.78 is 57.5. The lowest BCUT2D eigenvalue weighted by atomic mass is 10.1. The number of carbonyl (C=O) groups is 3. The molecule has 0 spiro atoms. The molecule has 0 radical (unpaired) electrons. The van der Waals surface area contributed by atoms with Gasteiger partial charge < -0.3 is 15.4 Å².